The summed E-state index contributed by atoms with van der Waals surface area (Å²) >= 11 is 0. The molecule has 4 rings (SSSR count). The number of anilines is 2. The molecule has 0 amide bonds. The van der Waals surface area contributed by atoms with Crippen molar-refractivity contribution in [2.45, 2.75) is 26.3 Å². The molecule has 0 unspecified atom stereocenters. The van der Waals surface area contributed by atoms with Gasteiger partial charge in [-0.3, -0.25) is 9.80 Å². The van der Waals surface area contributed by atoms with E-state index in [9.17, 15) is 4.79 Å². The van der Waals surface area contributed by atoms with Gasteiger partial charge in [0.15, 0.2) is 5.82 Å². The number of rotatable bonds is 5. The molecule has 4 N–H and O–H groups in total. The monoisotopic (exact) mass is 401 g/mol. The van der Waals surface area contributed by atoms with E-state index in [1.54, 1.807) is 12.1 Å². The van der Waals surface area contributed by atoms with Gasteiger partial charge in [-0.05, 0) is 23.6 Å². The minimum absolute atomic E-state index is 0.0736. The summed E-state index contributed by atoms with van der Waals surface area (Å²) in [6.07, 6.45) is 1.38. The van der Waals surface area contributed by atoms with E-state index in [0.29, 0.717) is 33.9 Å². The van der Waals surface area contributed by atoms with Crippen LogP contribution in [0.1, 0.15) is 31.1 Å². The van der Waals surface area contributed by atoms with Crippen LogP contribution in [-0.2, 0) is 6.54 Å². The molecule has 0 saturated carbocycles. The quantitative estimate of drug-likeness (QED) is 0.386. The van der Waals surface area contributed by atoms with Crippen LogP contribution in [0, 0.1) is 0 Å². The highest BCUT2D eigenvalue weighted by Crippen LogP contribution is 2.30. The van der Waals surface area contributed by atoms with E-state index in [2.05, 4.69) is 9.97 Å². The maximum absolute atomic E-state index is 13.3. The normalized spacial score (nSPS) is 11.2. The molecule has 0 bridgehead atoms. The van der Waals surface area contributed by atoms with Crippen molar-refractivity contribution < 1.29 is 4.42 Å². The number of nitrogen functional groups attached to an aromatic ring is 1. The average Bonchev–Trinajstić information content (AvgIpc) is 2.74. The zero-order valence-corrected chi connectivity index (χ0v) is 16.9. The van der Waals surface area contributed by atoms with Crippen molar-refractivity contribution in [1.29, 1.82) is 0 Å². The fourth-order valence-corrected chi connectivity index (χ4v) is 3.61. The molecule has 0 spiro atoms. The van der Waals surface area contributed by atoms with Crippen LogP contribution in [0.2, 0.25) is 0 Å². The molecule has 0 radical (unpaired) electrons. The molecule has 30 heavy (non-hydrogen) atoms. The van der Waals surface area contributed by atoms with Crippen LogP contribution in [0.15, 0.2) is 70.1 Å². The summed E-state index contributed by atoms with van der Waals surface area (Å²) in [5.41, 5.74) is 8.49. The lowest BCUT2D eigenvalue weighted by Crippen LogP contribution is -2.33. The zero-order valence-electron chi connectivity index (χ0n) is 16.9. The third kappa shape index (κ3) is 3.51. The van der Waals surface area contributed by atoms with Gasteiger partial charge in [-0.15, -0.1) is 0 Å². The molecule has 0 aliphatic rings. The summed E-state index contributed by atoms with van der Waals surface area (Å²) in [6.45, 7) is 4.14. The first-order valence-corrected chi connectivity index (χ1v) is 9.70. The van der Waals surface area contributed by atoms with Crippen molar-refractivity contribution in [3.63, 3.8) is 0 Å². The van der Waals surface area contributed by atoms with Crippen LogP contribution in [-0.4, -0.2) is 9.97 Å². The van der Waals surface area contributed by atoms with Crippen molar-refractivity contribution in [2.24, 2.45) is 5.84 Å². The maximum Gasteiger partial charge on any atom is 0.200 e. The third-order valence-electron chi connectivity index (χ3n) is 4.99. The lowest BCUT2D eigenvalue weighted by Gasteiger charge is -2.23. The molecule has 2 aromatic carbocycles. The Morgan fingerprint density at radius 2 is 1.73 bits per heavy atom. The Morgan fingerprint density at radius 3 is 2.47 bits per heavy atom. The molecule has 7 nitrogen and oxygen atoms in total. The Balaban J connectivity index is 1.87. The lowest BCUT2D eigenvalue weighted by atomic mass is 10.0. The first-order valence-electron chi connectivity index (χ1n) is 9.70. The number of benzene rings is 2. The van der Waals surface area contributed by atoms with Gasteiger partial charge in [0.1, 0.15) is 23.5 Å². The Kier molecular flexibility index (Phi) is 5.20. The Bertz CT molecular complexity index is 1250. The van der Waals surface area contributed by atoms with E-state index in [0.717, 1.165) is 11.1 Å². The fourth-order valence-electron chi connectivity index (χ4n) is 3.61. The van der Waals surface area contributed by atoms with Gasteiger partial charge in [0.2, 0.25) is 5.43 Å². The number of aromatic nitrogens is 2. The van der Waals surface area contributed by atoms with Crippen LogP contribution in [0.3, 0.4) is 0 Å². The molecular weight excluding hydrogens is 378 g/mol. The first kappa shape index (κ1) is 19.6. The molecular formula is C23H23N5O2. The second-order valence-corrected chi connectivity index (χ2v) is 7.37. The molecule has 0 atom stereocenters. The van der Waals surface area contributed by atoms with Gasteiger partial charge in [-0.25, -0.2) is 15.8 Å². The van der Waals surface area contributed by atoms with Crippen molar-refractivity contribution >= 4 is 22.6 Å². The summed E-state index contributed by atoms with van der Waals surface area (Å²) in [7, 11) is 0. The Labute approximate surface area is 174 Å². The van der Waals surface area contributed by atoms with Gasteiger partial charge >= 0.3 is 0 Å². The number of hydrogen-bond acceptors (Lipinski definition) is 7. The van der Waals surface area contributed by atoms with Crippen LogP contribution in [0.25, 0.3) is 22.1 Å². The summed E-state index contributed by atoms with van der Waals surface area (Å²) in [4.78, 5) is 21.7. The van der Waals surface area contributed by atoms with Crippen LogP contribution >= 0.6 is 0 Å². The van der Waals surface area contributed by atoms with Crippen molar-refractivity contribution in [3.05, 3.63) is 82.5 Å². The number of nitrogens with zero attached hydrogens (tertiary/aromatic N) is 3. The highest BCUT2D eigenvalue weighted by atomic mass is 16.3. The van der Waals surface area contributed by atoms with E-state index in [1.807, 2.05) is 56.3 Å². The molecule has 152 valence electrons. The average molecular weight is 401 g/mol. The smallest absolute Gasteiger partial charge is 0.200 e. The number of hydrazine groups is 1. The summed E-state index contributed by atoms with van der Waals surface area (Å²) < 4.78 is 6.15. The van der Waals surface area contributed by atoms with E-state index in [4.69, 9.17) is 16.0 Å². The number of para-hydroxylation sites is 1. The molecule has 0 aliphatic heterocycles. The first-order chi connectivity index (χ1) is 14.5. The van der Waals surface area contributed by atoms with E-state index >= 15 is 0 Å². The fraction of sp³-hybridized carbons (Fsp3) is 0.174. The predicted molar refractivity (Wildman–Crippen MR) is 119 cm³/mol. The maximum atomic E-state index is 13.3. The van der Waals surface area contributed by atoms with Gasteiger partial charge in [0.25, 0.3) is 0 Å². The van der Waals surface area contributed by atoms with Crippen LogP contribution in [0.4, 0.5) is 11.6 Å². The second-order valence-electron chi connectivity index (χ2n) is 7.37. The SMILES string of the molecule is CC(C)c1c(N)ncnc1N(N)Cc1oc2ccccc2c(=O)c1-c1ccccc1. The van der Waals surface area contributed by atoms with E-state index in [-0.39, 0.29) is 17.9 Å². The predicted octanol–water partition coefficient (Wildman–Crippen LogP) is 3.84. The minimum atomic E-state index is -0.0993. The van der Waals surface area contributed by atoms with E-state index in [1.165, 1.54) is 11.3 Å². The van der Waals surface area contributed by atoms with Crippen LogP contribution in [0.5, 0.6) is 0 Å². The van der Waals surface area contributed by atoms with Gasteiger partial charge in [-0.1, -0.05) is 56.3 Å². The summed E-state index contributed by atoms with van der Waals surface area (Å²) in [5.74, 6) is 7.82. The summed E-state index contributed by atoms with van der Waals surface area (Å²) in [5, 5.41) is 1.98. The molecule has 0 saturated heterocycles. The van der Waals surface area contributed by atoms with Gasteiger partial charge in [0, 0.05) is 5.56 Å². The van der Waals surface area contributed by atoms with Gasteiger partial charge in [-0.2, -0.15) is 0 Å². The van der Waals surface area contributed by atoms with Crippen molar-refractivity contribution in [3.8, 4) is 11.1 Å². The van der Waals surface area contributed by atoms with Crippen molar-refractivity contribution in [2.75, 3.05) is 10.7 Å². The largest absolute Gasteiger partial charge is 0.458 e. The molecule has 7 heteroatoms. The molecule has 0 aliphatic carbocycles. The number of fused-ring (bicyclic) bond motifs is 1. The summed E-state index contributed by atoms with van der Waals surface area (Å²) in [6, 6.07) is 16.6. The van der Waals surface area contributed by atoms with Gasteiger partial charge < -0.3 is 10.2 Å². The van der Waals surface area contributed by atoms with E-state index < -0.39 is 0 Å². The lowest BCUT2D eigenvalue weighted by molar-refractivity contribution is 0.529. The molecule has 4 aromatic rings. The topological polar surface area (TPSA) is 111 Å². The highest BCUT2D eigenvalue weighted by Gasteiger charge is 2.21. The second kappa shape index (κ2) is 7.96. The van der Waals surface area contributed by atoms with Crippen molar-refractivity contribution in [1.82, 2.24) is 9.97 Å². The Hall–Kier alpha value is -3.71. The third-order valence-corrected chi connectivity index (χ3v) is 4.99. The Morgan fingerprint density at radius 1 is 1.03 bits per heavy atom. The number of nitrogens with two attached hydrogens (primary N) is 2. The van der Waals surface area contributed by atoms with Crippen LogP contribution < -0.4 is 22.0 Å². The highest BCUT2D eigenvalue weighted by molar-refractivity contribution is 5.82. The zero-order chi connectivity index (χ0) is 21.3. The molecule has 2 heterocycles. The molecule has 2 aromatic heterocycles. The number of hydrogen-bond donors (Lipinski definition) is 2. The molecule has 0 fully saturated rings. The standard InChI is InChI=1S/C23H23N5O2/c1-14(2)19-22(24)26-13-27-23(19)28(25)12-18-20(15-8-4-3-5-9-15)21(29)16-10-6-7-11-17(16)30-18/h3-11,13-14H,12,25H2,1-2H3,(H2,24,26,27). The van der Waals surface area contributed by atoms with Gasteiger partial charge in [0.05, 0.1) is 17.5 Å². The minimum Gasteiger partial charge on any atom is -0.458 e.